The van der Waals surface area contributed by atoms with Gasteiger partial charge in [0.2, 0.25) is 11.6 Å². The van der Waals surface area contributed by atoms with Gasteiger partial charge in [-0.2, -0.15) is 0 Å². The van der Waals surface area contributed by atoms with Gasteiger partial charge >= 0.3 is 0 Å². The predicted octanol–water partition coefficient (Wildman–Crippen LogP) is 5.89. The number of benzene rings is 3. The molecule has 0 amide bonds. The van der Waals surface area contributed by atoms with Gasteiger partial charge in [-0.1, -0.05) is 59.9 Å². The fraction of sp³-hybridized carbons (Fsp3) is 0. The topological polar surface area (TPSA) is 64.8 Å². The molecular weight excluding hydrogens is 456 g/mol. The van der Waals surface area contributed by atoms with E-state index in [0.29, 0.717) is 10.5 Å². The van der Waals surface area contributed by atoms with Crippen LogP contribution in [0, 0.1) is 11.6 Å². The third-order valence-electron chi connectivity index (χ3n) is 5.60. The summed E-state index contributed by atoms with van der Waals surface area (Å²) in [5.41, 5.74) is 0.787. The molecule has 6 rings (SSSR count). The smallest absolute Gasteiger partial charge is 0.200 e. The average Bonchev–Trinajstić information content (AvgIpc) is 3.49. The number of hydrogen-bond donors (Lipinski definition) is 0. The van der Waals surface area contributed by atoms with Gasteiger partial charge in [0.15, 0.2) is 10.5 Å². The van der Waals surface area contributed by atoms with E-state index in [4.69, 9.17) is 4.98 Å². The van der Waals surface area contributed by atoms with Crippen molar-refractivity contribution in [1.82, 2.24) is 14.5 Å². The van der Waals surface area contributed by atoms with E-state index in [1.54, 1.807) is 4.57 Å². The average molecular weight is 469 g/mol. The summed E-state index contributed by atoms with van der Waals surface area (Å²) in [5.74, 6) is -3.31. The van der Waals surface area contributed by atoms with Gasteiger partial charge in [0, 0.05) is 11.3 Å². The molecule has 0 unspecified atom stereocenters. The number of nitrogens with zero attached hydrogens (tertiary/aromatic N) is 3. The van der Waals surface area contributed by atoms with Crippen LogP contribution in [0.2, 0.25) is 0 Å². The molecule has 1 aliphatic carbocycles. The lowest BCUT2D eigenvalue weighted by atomic mass is 10.1. The number of allylic oxidation sites excluding steroid dienone is 1. The van der Waals surface area contributed by atoms with Crippen molar-refractivity contribution in [1.29, 1.82) is 0 Å². The zero-order valence-corrected chi connectivity index (χ0v) is 18.1. The van der Waals surface area contributed by atoms with Crippen molar-refractivity contribution in [2.24, 2.45) is 0 Å². The second kappa shape index (κ2) is 7.64. The summed E-state index contributed by atoms with van der Waals surface area (Å²) < 4.78 is 30.3. The Bertz CT molecular complexity index is 1610. The number of para-hydroxylation sites is 1. The number of hydrogen-bond acceptors (Lipinski definition) is 5. The molecule has 0 spiro atoms. The van der Waals surface area contributed by atoms with Crippen LogP contribution in [-0.4, -0.2) is 26.1 Å². The summed E-state index contributed by atoms with van der Waals surface area (Å²) in [5, 5.41) is 0.770. The number of halogens is 2. The lowest BCUT2D eigenvalue weighted by Gasteiger charge is -2.06. The number of imidazole rings is 1. The van der Waals surface area contributed by atoms with E-state index >= 15 is 0 Å². The van der Waals surface area contributed by atoms with Crippen molar-refractivity contribution in [3.05, 3.63) is 107 Å². The fourth-order valence-corrected chi connectivity index (χ4v) is 4.98. The molecule has 0 saturated heterocycles. The van der Waals surface area contributed by atoms with Gasteiger partial charge in [0.25, 0.3) is 0 Å². The van der Waals surface area contributed by atoms with Gasteiger partial charge in [-0.25, -0.2) is 18.7 Å². The van der Waals surface area contributed by atoms with Gasteiger partial charge < -0.3 is 0 Å². The molecule has 3 aromatic carbocycles. The third kappa shape index (κ3) is 3.03. The first-order chi connectivity index (χ1) is 16.5. The lowest BCUT2D eigenvalue weighted by Crippen LogP contribution is -2.04. The second-order valence-corrected chi connectivity index (χ2v) is 8.63. The van der Waals surface area contributed by atoms with E-state index in [0.717, 1.165) is 28.4 Å². The molecule has 0 fully saturated rings. The van der Waals surface area contributed by atoms with Gasteiger partial charge in [0.05, 0.1) is 16.7 Å². The molecule has 0 N–H and O–H groups in total. The summed E-state index contributed by atoms with van der Waals surface area (Å²) in [6.45, 7) is 0. The number of Topliss-reactive ketones (excluding diaryl/α,β-unsaturated/α-hetero) is 2. The summed E-state index contributed by atoms with van der Waals surface area (Å²) in [7, 11) is 0. The van der Waals surface area contributed by atoms with Crippen molar-refractivity contribution >= 4 is 39.5 Å². The third-order valence-corrected chi connectivity index (χ3v) is 6.59. The summed E-state index contributed by atoms with van der Waals surface area (Å²) in [6.07, 6.45) is 1.28. The minimum absolute atomic E-state index is 0.268. The van der Waals surface area contributed by atoms with Crippen molar-refractivity contribution < 1.29 is 18.4 Å². The Morgan fingerprint density at radius 1 is 0.765 bits per heavy atom. The standard InChI is InChI=1S/C26H13F2N3O2S/c27-17-11-12-18(28)21-20(17)22(32)16(23(21)33)13-19-29-26-24(31(19)15-9-5-2-6-10-15)30-25(34-26)14-7-3-1-4-8-14/h1-13H. The SMILES string of the molecule is O=C1C(=Cc2nc3sc(-c4ccccc4)nc3n2-c2ccccc2)C(=O)c2c(F)ccc(F)c21. The first kappa shape index (κ1) is 20.3. The quantitative estimate of drug-likeness (QED) is 0.244. The molecule has 8 heteroatoms. The van der Waals surface area contributed by atoms with Crippen LogP contribution in [-0.2, 0) is 0 Å². The van der Waals surface area contributed by atoms with E-state index < -0.39 is 34.3 Å². The Morgan fingerprint density at radius 3 is 1.97 bits per heavy atom. The predicted molar refractivity (Wildman–Crippen MR) is 125 cm³/mol. The maximum absolute atomic E-state index is 14.3. The molecule has 2 aromatic heterocycles. The van der Waals surface area contributed by atoms with Gasteiger partial charge in [-0.05, 0) is 30.3 Å². The Labute approximate surface area is 195 Å². The molecule has 0 radical (unpaired) electrons. The van der Waals surface area contributed by atoms with Crippen LogP contribution in [0.5, 0.6) is 0 Å². The van der Waals surface area contributed by atoms with Crippen molar-refractivity contribution in [2.75, 3.05) is 0 Å². The van der Waals surface area contributed by atoms with Gasteiger partial charge in [0.1, 0.15) is 22.5 Å². The van der Waals surface area contributed by atoms with E-state index in [-0.39, 0.29) is 11.4 Å². The normalized spacial score (nSPS) is 13.1. The number of fused-ring (bicyclic) bond motifs is 2. The van der Waals surface area contributed by atoms with Crippen molar-refractivity contribution in [3.8, 4) is 16.3 Å². The molecule has 5 aromatic rings. The maximum Gasteiger partial charge on any atom is 0.200 e. The zero-order valence-electron chi connectivity index (χ0n) is 17.3. The van der Waals surface area contributed by atoms with Crippen LogP contribution in [0.25, 0.3) is 32.8 Å². The highest BCUT2D eigenvalue weighted by atomic mass is 32.1. The van der Waals surface area contributed by atoms with Gasteiger partial charge in [-0.15, -0.1) is 0 Å². The molecule has 2 heterocycles. The number of ketones is 2. The molecule has 0 atom stereocenters. The van der Waals surface area contributed by atoms with Crippen molar-refractivity contribution in [3.63, 3.8) is 0 Å². The lowest BCUT2D eigenvalue weighted by molar-refractivity contribution is 0.0988. The van der Waals surface area contributed by atoms with Crippen LogP contribution in [0.4, 0.5) is 8.78 Å². The van der Waals surface area contributed by atoms with E-state index in [1.807, 2.05) is 60.7 Å². The second-order valence-electron chi connectivity index (χ2n) is 7.65. The highest BCUT2D eigenvalue weighted by Crippen LogP contribution is 2.35. The number of aromatic nitrogens is 3. The minimum Gasteiger partial charge on any atom is -0.288 e. The first-order valence-electron chi connectivity index (χ1n) is 10.3. The highest BCUT2D eigenvalue weighted by Gasteiger charge is 2.38. The zero-order chi connectivity index (χ0) is 23.4. The molecule has 1 aliphatic rings. The highest BCUT2D eigenvalue weighted by molar-refractivity contribution is 7.21. The largest absolute Gasteiger partial charge is 0.288 e. The fourth-order valence-electron chi connectivity index (χ4n) is 4.05. The van der Waals surface area contributed by atoms with E-state index in [9.17, 15) is 18.4 Å². The molecule has 0 bridgehead atoms. The van der Waals surface area contributed by atoms with Crippen LogP contribution >= 0.6 is 11.3 Å². The number of carbonyl (C=O) groups excluding carboxylic acids is 2. The Balaban J connectivity index is 1.55. The molecule has 5 nitrogen and oxygen atoms in total. The molecular formula is C26H13F2N3O2S. The summed E-state index contributed by atoms with van der Waals surface area (Å²) in [6, 6.07) is 20.6. The van der Waals surface area contributed by atoms with Crippen molar-refractivity contribution in [2.45, 2.75) is 0 Å². The monoisotopic (exact) mass is 469 g/mol. The summed E-state index contributed by atoms with van der Waals surface area (Å²) in [4.78, 5) is 35.7. The number of carbonyl (C=O) groups is 2. The Hall–Kier alpha value is -4.30. The first-order valence-corrected chi connectivity index (χ1v) is 11.1. The van der Waals surface area contributed by atoms with Crippen LogP contribution in [0.1, 0.15) is 26.5 Å². The van der Waals surface area contributed by atoms with E-state index in [1.165, 1.54) is 17.4 Å². The number of rotatable bonds is 3. The van der Waals surface area contributed by atoms with Crippen LogP contribution < -0.4 is 0 Å². The molecule has 0 aliphatic heterocycles. The molecule has 0 saturated carbocycles. The number of thiazole rings is 1. The maximum atomic E-state index is 14.3. The molecule has 34 heavy (non-hydrogen) atoms. The van der Waals surface area contributed by atoms with Gasteiger partial charge in [-0.3, -0.25) is 14.2 Å². The van der Waals surface area contributed by atoms with Crippen LogP contribution in [0.3, 0.4) is 0 Å². The summed E-state index contributed by atoms with van der Waals surface area (Å²) >= 11 is 1.37. The minimum atomic E-state index is -0.931. The Morgan fingerprint density at radius 2 is 1.35 bits per heavy atom. The van der Waals surface area contributed by atoms with Crippen LogP contribution in [0.15, 0.2) is 78.4 Å². The van der Waals surface area contributed by atoms with E-state index in [2.05, 4.69) is 4.98 Å². The Kier molecular flexibility index (Phi) is 4.56. The molecule has 164 valence electrons.